The number of piperidine rings is 1. The van der Waals surface area contributed by atoms with E-state index in [1.807, 2.05) is 20.8 Å². The Labute approximate surface area is 109 Å². The Kier molecular flexibility index (Phi) is 4.73. The van der Waals surface area contributed by atoms with Gasteiger partial charge in [0.25, 0.3) is 0 Å². The number of likely N-dealkylation sites (tertiary alicyclic amines) is 1. The highest BCUT2D eigenvalue weighted by molar-refractivity contribution is 5.79. The van der Waals surface area contributed by atoms with Crippen molar-refractivity contribution in [2.75, 3.05) is 13.6 Å². The molecule has 1 fully saturated rings. The van der Waals surface area contributed by atoms with Gasteiger partial charge in [-0.15, -0.1) is 0 Å². The first-order chi connectivity index (χ1) is 8.20. The highest BCUT2D eigenvalue weighted by atomic mass is 16.2. The van der Waals surface area contributed by atoms with Crippen LogP contribution in [0.2, 0.25) is 0 Å². The van der Waals surface area contributed by atoms with Gasteiger partial charge in [0.15, 0.2) is 0 Å². The molecule has 0 aromatic carbocycles. The number of rotatable bonds is 3. The highest BCUT2D eigenvalue weighted by Gasteiger charge is 2.27. The smallest absolute Gasteiger partial charge is 0.222 e. The molecule has 0 aromatic rings. The molecule has 0 radical (unpaired) electrons. The van der Waals surface area contributed by atoms with Crippen molar-refractivity contribution in [1.29, 1.82) is 0 Å². The van der Waals surface area contributed by atoms with E-state index in [2.05, 4.69) is 5.32 Å². The molecule has 104 valence electrons. The summed E-state index contributed by atoms with van der Waals surface area (Å²) in [5, 5.41) is 2.96. The lowest BCUT2D eigenvalue weighted by atomic mass is 9.85. The second-order valence-electron chi connectivity index (χ2n) is 6.25. The molecular formula is C13H25N3O2. The van der Waals surface area contributed by atoms with Crippen LogP contribution in [0.4, 0.5) is 0 Å². The summed E-state index contributed by atoms with van der Waals surface area (Å²) in [7, 11) is 1.77. The largest absolute Gasteiger partial charge is 0.352 e. The van der Waals surface area contributed by atoms with Crippen molar-refractivity contribution in [2.24, 2.45) is 11.1 Å². The van der Waals surface area contributed by atoms with E-state index in [0.717, 1.165) is 6.42 Å². The van der Waals surface area contributed by atoms with Crippen LogP contribution in [-0.2, 0) is 9.59 Å². The van der Waals surface area contributed by atoms with Gasteiger partial charge in [0.1, 0.15) is 0 Å². The van der Waals surface area contributed by atoms with Crippen LogP contribution in [0.15, 0.2) is 0 Å². The Balaban J connectivity index is 2.39. The second-order valence-corrected chi connectivity index (χ2v) is 6.25. The molecule has 1 rings (SSSR count). The Hall–Kier alpha value is -1.10. The van der Waals surface area contributed by atoms with Crippen LogP contribution in [0.5, 0.6) is 0 Å². The first kappa shape index (κ1) is 15.0. The number of carbonyl (C=O) groups is 2. The zero-order chi connectivity index (χ0) is 13.9. The molecule has 2 amide bonds. The predicted octanol–water partition coefficient (Wildman–Crippen LogP) is 0.487. The van der Waals surface area contributed by atoms with E-state index >= 15 is 0 Å². The second kappa shape index (κ2) is 5.69. The summed E-state index contributed by atoms with van der Waals surface area (Å²) in [5.74, 6) is 0.122. The van der Waals surface area contributed by atoms with Gasteiger partial charge in [0.05, 0.1) is 0 Å². The van der Waals surface area contributed by atoms with E-state index in [4.69, 9.17) is 5.73 Å². The molecule has 0 saturated carbocycles. The monoisotopic (exact) mass is 255 g/mol. The van der Waals surface area contributed by atoms with Gasteiger partial charge in [-0.1, -0.05) is 20.8 Å². The molecule has 5 nitrogen and oxygen atoms in total. The van der Waals surface area contributed by atoms with E-state index in [0.29, 0.717) is 19.4 Å². The van der Waals surface area contributed by atoms with Crippen molar-refractivity contribution < 1.29 is 9.59 Å². The van der Waals surface area contributed by atoms with Crippen molar-refractivity contribution in [2.45, 2.75) is 52.1 Å². The summed E-state index contributed by atoms with van der Waals surface area (Å²) >= 11 is 0. The molecule has 1 heterocycles. The first-order valence-electron chi connectivity index (χ1n) is 6.49. The Bertz CT molecular complexity index is 323. The average Bonchev–Trinajstić information content (AvgIpc) is 2.22. The number of amides is 2. The minimum absolute atomic E-state index is 0.0230. The van der Waals surface area contributed by atoms with Crippen molar-refractivity contribution >= 4 is 11.8 Å². The molecule has 5 heteroatoms. The van der Waals surface area contributed by atoms with Gasteiger partial charge < -0.3 is 16.0 Å². The van der Waals surface area contributed by atoms with Crippen LogP contribution in [0, 0.1) is 5.41 Å². The summed E-state index contributed by atoms with van der Waals surface area (Å²) in [4.78, 5) is 24.9. The third kappa shape index (κ3) is 4.29. The lowest BCUT2D eigenvalue weighted by Crippen LogP contribution is -2.50. The Morgan fingerprint density at radius 2 is 2.17 bits per heavy atom. The zero-order valence-corrected chi connectivity index (χ0v) is 11.8. The molecule has 0 spiro atoms. The number of carbonyl (C=O) groups excluding carboxylic acids is 2. The fourth-order valence-electron chi connectivity index (χ4n) is 1.92. The molecule has 18 heavy (non-hydrogen) atoms. The number of nitrogens with one attached hydrogen (secondary N) is 1. The van der Waals surface area contributed by atoms with Crippen molar-refractivity contribution in [1.82, 2.24) is 10.2 Å². The number of hydrogen-bond acceptors (Lipinski definition) is 3. The maximum absolute atomic E-state index is 11.9. The van der Waals surface area contributed by atoms with E-state index < -0.39 is 0 Å². The lowest BCUT2D eigenvalue weighted by Gasteiger charge is -2.31. The average molecular weight is 255 g/mol. The van der Waals surface area contributed by atoms with Gasteiger partial charge in [-0.25, -0.2) is 0 Å². The minimum atomic E-state index is -0.152. The van der Waals surface area contributed by atoms with Crippen LogP contribution in [0.1, 0.15) is 40.0 Å². The third-order valence-corrected chi connectivity index (χ3v) is 3.51. The lowest BCUT2D eigenvalue weighted by molar-refractivity contribution is -0.134. The molecule has 1 aliphatic heterocycles. The van der Waals surface area contributed by atoms with Gasteiger partial charge in [0, 0.05) is 38.5 Å². The standard InChI is InChI=1S/C13H25N3O2/c1-13(2,3)10(14)7-11(17)15-9-5-6-12(18)16(4)8-9/h9-10H,5-8,14H2,1-4H3,(H,15,17). The van der Waals surface area contributed by atoms with Gasteiger partial charge in [0.2, 0.25) is 11.8 Å². The Morgan fingerprint density at radius 1 is 1.56 bits per heavy atom. The summed E-state index contributed by atoms with van der Waals surface area (Å²) in [6, 6.07) is -0.0900. The van der Waals surface area contributed by atoms with Crippen molar-refractivity contribution in [3.05, 3.63) is 0 Å². The molecule has 0 bridgehead atoms. The fraction of sp³-hybridized carbons (Fsp3) is 0.846. The molecule has 3 N–H and O–H groups in total. The number of likely N-dealkylation sites (N-methyl/N-ethyl adjacent to an activating group) is 1. The fourth-order valence-corrected chi connectivity index (χ4v) is 1.92. The van der Waals surface area contributed by atoms with Crippen molar-refractivity contribution in [3.63, 3.8) is 0 Å². The van der Waals surface area contributed by atoms with Gasteiger partial charge in [-0.3, -0.25) is 9.59 Å². The summed E-state index contributed by atoms with van der Waals surface area (Å²) in [5.41, 5.74) is 5.91. The molecular weight excluding hydrogens is 230 g/mol. The van der Waals surface area contributed by atoms with Crippen LogP contribution in [-0.4, -0.2) is 42.4 Å². The highest BCUT2D eigenvalue weighted by Crippen LogP contribution is 2.19. The van der Waals surface area contributed by atoms with Crippen molar-refractivity contribution in [3.8, 4) is 0 Å². The normalized spacial score (nSPS) is 22.8. The first-order valence-corrected chi connectivity index (χ1v) is 6.49. The van der Waals surface area contributed by atoms with Crippen LogP contribution in [0.25, 0.3) is 0 Å². The van der Waals surface area contributed by atoms with Crippen LogP contribution >= 0.6 is 0 Å². The van der Waals surface area contributed by atoms with Crippen LogP contribution < -0.4 is 11.1 Å². The number of nitrogens with two attached hydrogens (primary N) is 1. The molecule has 2 atom stereocenters. The maximum Gasteiger partial charge on any atom is 0.222 e. The molecule has 0 aromatic heterocycles. The van der Waals surface area contributed by atoms with E-state index in [-0.39, 0.29) is 29.3 Å². The maximum atomic E-state index is 11.9. The van der Waals surface area contributed by atoms with E-state index in [1.165, 1.54) is 0 Å². The van der Waals surface area contributed by atoms with Crippen LogP contribution in [0.3, 0.4) is 0 Å². The van der Waals surface area contributed by atoms with Gasteiger partial charge in [-0.2, -0.15) is 0 Å². The minimum Gasteiger partial charge on any atom is -0.352 e. The molecule has 0 aliphatic carbocycles. The summed E-state index contributed by atoms with van der Waals surface area (Å²) in [6.07, 6.45) is 1.56. The Morgan fingerprint density at radius 3 is 2.67 bits per heavy atom. The summed E-state index contributed by atoms with van der Waals surface area (Å²) in [6.45, 7) is 6.67. The SMILES string of the molecule is CN1CC(NC(=O)CC(N)C(C)(C)C)CCC1=O. The molecule has 2 unspecified atom stereocenters. The van der Waals surface area contributed by atoms with E-state index in [1.54, 1.807) is 11.9 Å². The zero-order valence-electron chi connectivity index (χ0n) is 11.8. The number of hydrogen-bond donors (Lipinski definition) is 2. The summed E-state index contributed by atoms with van der Waals surface area (Å²) < 4.78 is 0. The van der Waals surface area contributed by atoms with Gasteiger partial charge >= 0.3 is 0 Å². The van der Waals surface area contributed by atoms with Gasteiger partial charge in [-0.05, 0) is 11.8 Å². The molecule has 1 saturated heterocycles. The number of nitrogens with zero attached hydrogens (tertiary/aromatic N) is 1. The quantitative estimate of drug-likeness (QED) is 0.770. The molecule has 1 aliphatic rings. The van der Waals surface area contributed by atoms with E-state index in [9.17, 15) is 9.59 Å². The topological polar surface area (TPSA) is 75.4 Å². The third-order valence-electron chi connectivity index (χ3n) is 3.51. The predicted molar refractivity (Wildman–Crippen MR) is 70.8 cm³/mol.